The number of halogens is 1. The van der Waals surface area contributed by atoms with Gasteiger partial charge in [0, 0.05) is 23.7 Å². The minimum Gasteiger partial charge on any atom is -0.496 e. The lowest BCUT2D eigenvalue weighted by molar-refractivity contribution is 0.0223. The number of nitrogens with zero attached hydrogens (tertiary/aromatic N) is 1. The maximum absolute atomic E-state index is 12.1. The van der Waals surface area contributed by atoms with Gasteiger partial charge in [0.2, 0.25) is 0 Å². The third-order valence-corrected chi connectivity index (χ3v) is 3.35. The highest BCUT2D eigenvalue weighted by Gasteiger charge is 2.27. The smallest absolute Gasteiger partial charge is 0.410 e. The molecule has 1 amide bonds. The minimum atomic E-state index is -0.483. The van der Waals surface area contributed by atoms with Gasteiger partial charge in [-0.25, -0.2) is 4.79 Å². The van der Waals surface area contributed by atoms with Gasteiger partial charge in [0.25, 0.3) is 0 Å². The SMILES string of the molecule is COc1cc(Cl)cc2c1CCN(C(=O)OC(C)(C)C)C2. The van der Waals surface area contributed by atoms with E-state index in [1.807, 2.05) is 32.9 Å². The van der Waals surface area contributed by atoms with Gasteiger partial charge in [-0.2, -0.15) is 0 Å². The summed E-state index contributed by atoms with van der Waals surface area (Å²) in [4.78, 5) is 13.8. The molecule has 0 radical (unpaired) electrons. The number of fused-ring (bicyclic) bond motifs is 1. The minimum absolute atomic E-state index is 0.290. The molecule has 0 spiro atoms. The van der Waals surface area contributed by atoms with Crippen LogP contribution in [0.25, 0.3) is 0 Å². The van der Waals surface area contributed by atoms with Crippen LogP contribution in [0.1, 0.15) is 31.9 Å². The van der Waals surface area contributed by atoms with Gasteiger partial charge in [-0.1, -0.05) is 11.6 Å². The molecule has 110 valence electrons. The first-order chi connectivity index (χ1) is 9.30. The lowest BCUT2D eigenvalue weighted by Gasteiger charge is -2.31. The predicted molar refractivity (Wildman–Crippen MR) is 78.4 cm³/mol. The average Bonchev–Trinajstić information content (AvgIpc) is 2.34. The fourth-order valence-corrected chi connectivity index (χ4v) is 2.52. The largest absolute Gasteiger partial charge is 0.496 e. The summed E-state index contributed by atoms with van der Waals surface area (Å²) in [6.07, 6.45) is 0.455. The molecule has 0 saturated carbocycles. The van der Waals surface area contributed by atoms with Crippen LogP contribution in [0.5, 0.6) is 5.75 Å². The van der Waals surface area contributed by atoms with Crippen molar-refractivity contribution in [1.29, 1.82) is 0 Å². The van der Waals surface area contributed by atoms with Crippen LogP contribution in [0.4, 0.5) is 4.79 Å². The van der Waals surface area contributed by atoms with Crippen molar-refractivity contribution in [2.45, 2.75) is 39.3 Å². The van der Waals surface area contributed by atoms with Crippen molar-refractivity contribution >= 4 is 17.7 Å². The molecule has 20 heavy (non-hydrogen) atoms. The number of carbonyl (C=O) groups is 1. The molecule has 5 heteroatoms. The summed E-state index contributed by atoms with van der Waals surface area (Å²) in [5.74, 6) is 0.788. The number of methoxy groups -OCH3 is 1. The Kier molecular flexibility index (Phi) is 4.14. The van der Waals surface area contributed by atoms with Crippen molar-refractivity contribution < 1.29 is 14.3 Å². The second-order valence-corrected chi connectivity index (χ2v) is 6.33. The van der Waals surface area contributed by atoms with E-state index in [1.165, 1.54) is 0 Å². The molecule has 2 rings (SSSR count). The molecule has 0 bridgehead atoms. The summed E-state index contributed by atoms with van der Waals surface area (Å²) in [7, 11) is 1.63. The molecule has 0 saturated heterocycles. The monoisotopic (exact) mass is 297 g/mol. The normalized spacial score (nSPS) is 14.8. The number of amides is 1. The molecule has 0 fully saturated rings. The fraction of sp³-hybridized carbons (Fsp3) is 0.533. The summed E-state index contributed by atoms with van der Waals surface area (Å²) in [5.41, 5.74) is 1.66. The van der Waals surface area contributed by atoms with Crippen LogP contribution >= 0.6 is 11.6 Å². The Hall–Kier alpha value is -1.42. The molecule has 4 nitrogen and oxygen atoms in total. The van der Waals surface area contributed by atoms with Crippen LogP contribution in [-0.2, 0) is 17.7 Å². The van der Waals surface area contributed by atoms with E-state index in [-0.39, 0.29) is 6.09 Å². The number of rotatable bonds is 1. The predicted octanol–water partition coefficient (Wildman–Crippen LogP) is 3.64. The maximum Gasteiger partial charge on any atom is 0.410 e. The van der Waals surface area contributed by atoms with Crippen LogP contribution in [-0.4, -0.2) is 30.2 Å². The standard InChI is InChI=1S/C15H20ClNO3/c1-15(2,3)20-14(18)17-6-5-12-10(9-17)7-11(16)8-13(12)19-4/h7-8H,5-6,9H2,1-4H3. The Bertz CT molecular complexity index is 523. The molecule has 1 aliphatic heterocycles. The zero-order chi connectivity index (χ0) is 14.9. The summed E-state index contributed by atoms with van der Waals surface area (Å²) in [5, 5.41) is 0.617. The summed E-state index contributed by atoms with van der Waals surface area (Å²) >= 11 is 6.08. The zero-order valence-electron chi connectivity index (χ0n) is 12.3. The van der Waals surface area contributed by atoms with Gasteiger partial charge in [-0.05, 0) is 44.9 Å². The number of benzene rings is 1. The van der Waals surface area contributed by atoms with Crippen LogP contribution < -0.4 is 4.74 Å². The van der Waals surface area contributed by atoms with Crippen LogP contribution in [0.2, 0.25) is 5.02 Å². The van der Waals surface area contributed by atoms with E-state index in [1.54, 1.807) is 12.0 Å². The highest BCUT2D eigenvalue weighted by molar-refractivity contribution is 6.30. The lowest BCUT2D eigenvalue weighted by Crippen LogP contribution is -2.40. The third-order valence-electron chi connectivity index (χ3n) is 3.13. The second kappa shape index (κ2) is 5.52. The molecule has 0 N–H and O–H groups in total. The van der Waals surface area contributed by atoms with E-state index in [4.69, 9.17) is 21.1 Å². The molecule has 0 aliphatic carbocycles. The van der Waals surface area contributed by atoms with E-state index < -0.39 is 5.60 Å². The van der Waals surface area contributed by atoms with Gasteiger partial charge in [-0.3, -0.25) is 0 Å². The summed E-state index contributed by atoms with van der Waals surface area (Å²) < 4.78 is 10.8. The van der Waals surface area contributed by atoms with Crippen molar-refractivity contribution in [1.82, 2.24) is 4.90 Å². The van der Waals surface area contributed by atoms with E-state index >= 15 is 0 Å². The Morgan fingerprint density at radius 2 is 2.05 bits per heavy atom. The van der Waals surface area contributed by atoms with Gasteiger partial charge in [-0.15, -0.1) is 0 Å². The average molecular weight is 298 g/mol. The Morgan fingerprint density at radius 1 is 1.35 bits per heavy atom. The number of hydrogen-bond acceptors (Lipinski definition) is 3. The van der Waals surface area contributed by atoms with E-state index in [0.717, 1.165) is 23.3 Å². The number of ether oxygens (including phenoxy) is 2. The molecule has 0 atom stereocenters. The molecule has 1 aromatic rings. The molecule has 0 aromatic heterocycles. The van der Waals surface area contributed by atoms with Crippen molar-refractivity contribution in [3.63, 3.8) is 0 Å². The fourth-order valence-electron chi connectivity index (χ4n) is 2.29. The van der Waals surface area contributed by atoms with Gasteiger partial charge in [0.15, 0.2) is 0 Å². The highest BCUT2D eigenvalue weighted by Crippen LogP contribution is 2.32. The Balaban J connectivity index is 2.19. The van der Waals surface area contributed by atoms with Crippen LogP contribution in [0.3, 0.4) is 0 Å². The van der Waals surface area contributed by atoms with Crippen molar-refractivity contribution in [3.05, 3.63) is 28.3 Å². The second-order valence-electron chi connectivity index (χ2n) is 5.90. The quantitative estimate of drug-likeness (QED) is 0.794. The molecule has 1 aromatic carbocycles. The van der Waals surface area contributed by atoms with Crippen LogP contribution in [0.15, 0.2) is 12.1 Å². The first-order valence-electron chi connectivity index (χ1n) is 6.63. The van der Waals surface area contributed by atoms with Gasteiger partial charge >= 0.3 is 6.09 Å². The highest BCUT2D eigenvalue weighted by atomic mass is 35.5. The van der Waals surface area contributed by atoms with Gasteiger partial charge < -0.3 is 14.4 Å². The Labute approximate surface area is 124 Å². The van der Waals surface area contributed by atoms with Crippen molar-refractivity contribution in [2.24, 2.45) is 0 Å². The Morgan fingerprint density at radius 3 is 2.65 bits per heavy atom. The zero-order valence-corrected chi connectivity index (χ0v) is 13.1. The topological polar surface area (TPSA) is 38.8 Å². The molecule has 1 aliphatic rings. The summed E-state index contributed by atoms with van der Waals surface area (Å²) in [6.45, 7) is 6.72. The number of hydrogen-bond donors (Lipinski definition) is 0. The van der Waals surface area contributed by atoms with Gasteiger partial charge in [0.1, 0.15) is 11.4 Å². The molecular weight excluding hydrogens is 278 g/mol. The molecule has 1 heterocycles. The molecule has 0 unspecified atom stereocenters. The van der Waals surface area contributed by atoms with Crippen molar-refractivity contribution in [2.75, 3.05) is 13.7 Å². The first-order valence-corrected chi connectivity index (χ1v) is 7.01. The number of carbonyl (C=O) groups excluding carboxylic acids is 1. The van der Waals surface area contributed by atoms with Gasteiger partial charge in [0.05, 0.1) is 7.11 Å². The summed E-state index contributed by atoms with van der Waals surface area (Å²) in [6, 6.07) is 3.69. The van der Waals surface area contributed by atoms with Crippen LogP contribution in [0, 0.1) is 0 Å². The van der Waals surface area contributed by atoms with E-state index in [9.17, 15) is 4.79 Å². The lowest BCUT2D eigenvalue weighted by atomic mass is 9.99. The van der Waals surface area contributed by atoms with Crippen molar-refractivity contribution in [3.8, 4) is 5.75 Å². The third kappa shape index (κ3) is 3.37. The molecular formula is C15H20ClNO3. The first kappa shape index (κ1) is 15.0. The van der Waals surface area contributed by atoms with E-state index in [0.29, 0.717) is 18.1 Å². The maximum atomic E-state index is 12.1. The van der Waals surface area contributed by atoms with E-state index in [2.05, 4.69) is 0 Å².